The summed E-state index contributed by atoms with van der Waals surface area (Å²) in [5.41, 5.74) is 1.44. The number of halogens is 1. The fourth-order valence-corrected chi connectivity index (χ4v) is 5.01. The number of nitrogens with one attached hydrogen (secondary N) is 2. The van der Waals surface area contributed by atoms with Crippen LogP contribution in [0.15, 0.2) is 77.7 Å². The Kier molecular flexibility index (Phi) is 6.59. The van der Waals surface area contributed by atoms with Crippen LogP contribution < -0.4 is 14.8 Å². The average molecular weight is 501 g/mol. The standard InChI is InChI=1S/C22H17ClN4O4S2/c1-31-18-12-11-17(13-19(18)33(29,30)27-16-9-7-15(23)8-10-16)24-20(28)22-26-25-21(32-22)14-5-3-2-4-6-14/h2-13,27H,1H3,(H,24,28). The lowest BCUT2D eigenvalue weighted by atomic mass is 10.2. The lowest BCUT2D eigenvalue weighted by Crippen LogP contribution is -2.16. The third-order valence-electron chi connectivity index (χ3n) is 4.45. The molecule has 0 aliphatic heterocycles. The third-order valence-corrected chi connectivity index (χ3v) is 7.07. The van der Waals surface area contributed by atoms with Gasteiger partial charge in [-0.15, -0.1) is 10.2 Å². The van der Waals surface area contributed by atoms with Gasteiger partial charge in [-0.2, -0.15) is 0 Å². The summed E-state index contributed by atoms with van der Waals surface area (Å²) in [4.78, 5) is 12.5. The first kappa shape index (κ1) is 22.7. The minimum atomic E-state index is -4.02. The van der Waals surface area contributed by atoms with Crippen molar-refractivity contribution >= 4 is 50.2 Å². The molecule has 0 unspecified atom stereocenters. The summed E-state index contributed by atoms with van der Waals surface area (Å²) in [5.74, 6) is -0.384. The first-order valence-corrected chi connectivity index (χ1v) is 12.2. The Morgan fingerprint density at radius 1 is 0.970 bits per heavy atom. The molecule has 0 atom stereocenters. The van der Waals surface area contributed by atoms with E-state index in [1.165, 1.54) is 37.4 Å². The van der Waals surface area contributed by atoms with Crippen LogP contribution in [-0.4, -0.2) is 31.6 Å². The molecule has 1 amide bonds. The molecule has 0 aliphatic rings. The number of aromatic nitrogens is 2. The number of amides is 1. The maximum absolute atomic E-state index is 13.0. The Morgan fingerprint density at radius 3 is 2.36 bits per heavy atom. The molecule has 4 rings (SSSR count). The highest BCUT2D eigenvalue weighted by molar-refractivity contribution is 7.92. The summed E-state index contributed by atoms with van der Waals surface area (Å²) in [7, 11) is -2.66. The van der Waals surface area contributed by atoms with Crippen LogP contribution in [0.4, 0.5) is 11.4 Å². The molecule has 0 fully saturated rings. The van der Waals surface area contributed by atoms with E-state index in [-0.39, 0.29) is 21.3 Å². The van der Waals surface area contributed by atoms with Gasteiger partial charge in [0.1, 0.15) is 15.7 Å². The number of anilines is 2. The maximum atomic E-state index is 13.0. The number of rotatable bonds is 7. The molecule has 0 saturated heterocycles. The van der Waals surface area contributed by atoms with Crippen molar-refractivity contribution in [1.29, 1.82) is 0 Å². The van der Waals surface area contributed by atoms with Gasteiger partial charge in [0.25, 0.3) is 15.9 Å². The summed E-state index contributed by atoms with van der Waals surface area (Å²) in [6.07, 6.45) is 0. The van der Waals surface area contributed by atoms with Gasteiger partial charge in [-0.1, -0.05) is 53.3 Å². The average Bonchev–Trinajstić information content (AvgIpc) is 3.32. The molecule has 168 valence electrons. The Balaban J connectivity index is 1.57. The number of carbonyl (C=O) groups excluding carboxylic acids is 1. The molecule has 0 saturated carbocycles. The van der Waals surface area contributed by atoms with Crippen molar-refractivity contribution in [3.05, 3.63) is 82.8 Å². The predicted molar refractivity (Wildman–Crippen MR) is 129 cm³/mol. The van der Waals surface area contributed by atoms with Gasteiger partial charge in [0.15, 0.2) is 0 Å². The fourth-order valence-electron chi connectivity index (χ4n) is 2.89. The molecule has 3 aromatic carbocycles. The van der Waals surface area contributed by atoms with Crippen LogP contribution in [0.5, 0.6) is 5.75 Å². The number of benzene rings is 3. The highest BCUT2D eigenvalue weighted by atomic mass is 35.5. The summed E-state index contributed by atoms with van der Waals surface area (Å²) in [6.45, 7) is 0. The second-order valence-corrected chi connectivity index (χ2v) is 9.78. The van der Waals surface area contributed by atoms with Crippen molar-refractivity contribution in [2.24, 2.45) is 0 Å². The molecule has 0 spiro atoms. The van der Waals surface area contributed by atoms with Crippen molar-refractivity contribution in [2.45, 2.75) is 4.90 Å². The zero-order valence-electron chi connectivity index (χ0n) is 17.2. The van der Waals surface area contributed by atoms with Gasteiger partial charge >= 0.3 is 0 Å². The molecule has 0 aliphatic carbocycles. The predicted octanol–water partition coefficient (Wildman–Crippen LogP) is 4.92. The van der Waals surface area contributed by atoms with Crippen LogP contribution in [0.25, 0.3) is 10.6 Å². The van der Waals surface area contributed by atoms with Crippen molar-refractivity contribution in [3.63, 3.8) is 0 Å². The number of hydrogen-bond donors (Lipinski definition) is 2. The van der Waals surface area contributed by atoms with E-state index in [2.05, 4.69) is 20.2 Å². The van der Waals surface area contributed by atoms with Crippen LogP contribution in [0, 0.1) is 0 Å². The van der Waals surface area contributed by atoms with Gasteiger partial charge in [0, 0.05) is 22.0 Å². The van der Waals surface area contributed by atoms with Gasteiger partial charge in [-0.3, -0.25) is 9.52 Å². The Labute approximate surface area is 199 Å². The molecule has 8 nitrogen and oxygen atoms in total. The smallest absolute Gasteiger partial charge is 0.286 e. The molecule has 1 heterocycles. The van der Waals surface area contributed by atoms with Crippen LogP contribution in [0.1, 0.15) is 9.80 Å². The lowest BCUT2D eigenvalue weighted by molar-refractivity contribution is 0.102. The maximum Gasteiger partial charge on any atom is 0.286 e. The minimum Gasteiger partial charge on any atom is -0.495 e. The summed E-state index contributed by atoms with van der Waals surface area (Å²) in [6, 6.07) is 19.9. The van der Waals surface area contributed by atoms with Gasteiger partial charge in [-0.05, 0) is 42.5 Å². The van der Waals surface area contributed by atoms with Crippen molar-refractivity contribution in [1.82, 2.24) is 10.2 Å². The van der Waals surface area contributed by atoms with Crippen LogP contribution in [0.3, 0.4) is 0 Å². The largest absolute Gasteiger partial charge is 0.495 e. The van der Waals surface area contributed by atoms with E-state index in [9.17, 15) is 13.2 Å². The molecule has 33 heavy (non-hydrogen) atoms. The van der Waals surface area contributed by atoms with Gasteiger partial charge < -0.3 is 10.1 Å². The topological polar surface area (TPSA) is 110 Å². The van der Waals surface area contributed by atoms with E-state index in [0.29, 0.717) is 15.7 Å². The number of sulfonamides is 1. The number of hydrogen-bond acceptors (Lipinski definition) is 7. The van der Waals surface area contributed by atoms with Gasteiger partial charge in [-0.25, -0.2) is 8.42 Å². The van der Waals surface area contributed by atoms with Crippen molar-refractivity contribution in [3.8, 4) is 16.3 Å². The van der Waals surface area contributed by atoms with E-state index in [1.54, 1.807) is 12.1 Å². The summed E-state index contributed by atoms with van der Waals surface area (Å²) >= 11 is 6.99. The second kappa shape index (κ2) is 9.57. The number of methoxy groups -OCH3 is 1. The zero-order valence-corrected chi connectivity index (χ0v) is 19.5. The van der Waals surface area contributed by atoms with Crippen molar-refractivity contribution < 1.29 is 17.9 Å². The van der Waals surface area contributed by atoms with Crippen LogP contribution >= 0.6 is 22.9 Å². The molecule has 1 aromatic heterocycles. The summed E-state index contributed by atoms with van der Waals surface area (Å²) < 4.78 is 33.6. The van der Waals surface area contributed by atoms with E-state index >= 15 is 0 Å². The lowest BCUT2D eigenvalue weighted by Gasteiger charge is -2.13. The summed E-state index contributed by atoms with van der Waals surface area (Å²) in [5, 5.41) is 11.9. The quantitative estimate of drug-likeness (QED) is 0.372. The van der Waals surface area contributed by atoms with Crippen LogP contribution in [-0.2, 0) is 10.0 Å². The SMILES string of the molecule is COc1ccc(NC(=O)c2nnc(-c3ccccc3)s2)cc1S(=O)(=O)Nc1ccc(Cl)cc1. The third kappa shape index (κ3) is 5.30. The Bertz CT molecular complexity index is 1390. The van der Waals surface area contributed by atoms with Gasteiger partial charge in [0.2, 0.25) is 5.01 Å². The van der Waals surface area contributed by atoms with E-state index in [1.807, 2.05) is 30.3 Å². The first-order chi connectivity index (χ1) is 15.9. The van der Waals surface area contributed by atoms with Crippen molar-refractivity contribution in [2.75, 3.05) is 17.1 Å². The molecule has 11 heteroatoms. The van der Waals surface area contributed by atoms with E-state index < -0.39 is 15.9 Å². The number of nitrogens with zero attached hydrogens (tertiary/aromatic N) is 2. The normalized spacial score (nSPS) is 11.1. The fraction of sp³-hybridized carbons (Fsp3) is 0.0455. The van der Waals surface area contributed by atoms with Crippen LogP contribution in [0.2, 0.25) is 5.02 Å². The molecule has 0 bridgehead atoms. The van der Waals surface area contributed by atoms with E-state index in [4.69, 9.17) is 16.3 Å². The highest BCUT2D eigenvalue weighted by Gasteiger charge is 2.22. The molecule has 2 N–H and O–H groups in total. The molecular weight excluding hydrogens is 484 g/mol. The first-order valence-electron chi connectivity index (χ1n) is 9.52. The minimum absolute atomic E-state index is 0.122. The van der Waals surface area contributed by atoms with E-state index in [0.717, 1.165) is 16.9 Å². The number of ether oxygens (including phenoxy) is 1. The number of carbonyl (C=O) groups is 1. The second-order valence-electron chi connectivity index (χ2n) is 6.71. The molecular formula is C22H17ClN4O4S2. The monoisotopic (exact) mass is 500 g/mol. The zero-order chi connectivity index (χ0) is 23.4. The molecule has 0 radical (unpaired) electrons. The Morgan fingerprint density at radius 2 is 1.67 bits per heavy atom. The molecule has 4 aromatic rings. The highest BCUT2D eigenvalue weighted by Crippen LogP contribution is 2.30. The van der Waals surface area contributed by atoms with Gasteiger partial charge in [0.05, 0.1) is 7.11 Å². The Hall–Kier alpha value is -3.47.